The largest absolute Gasteiger partial charge is 0.396 e. The molecule has 25 heavy (non-hydrogen) atoms. The Morgan fingerprint density at radius 2 is 2.00 bits per heavy atom. The van der Waals surface area contributed by atoms with E-state index < -0.39 is 8.07 Å². The monoisotopic (exact) mass is 362 g/mol. The molecule has 0 atom stereocenters. The van der Waals surface area contributed by atoms with Crippen molar-refractivity contribution in [2.24, 2.45) is 13.0 Å². The summed E-state index contributed by atoms with van der Waals surface area (Å²) in [6.07, 6.45) is 2.00. The number of para-hydroxylation sites is 1. The van der Waals surface area contributed by atoms with Crippen LogP contribution >= 0.6 is 0 Å². The van der Waals surface area contributed by atoms with Crippen LogP contribution in [0.3, 0.4) is 0 Å². The molecule has 3 rings (SSSR count). The van der Waals surface area contributed by atoms with Crippen molar-refractivity contribution in [3.63, 3.8) is 0 Å². The molecule has 0 bridgehead atoms. The Kier molecular flexibility index (Phi) is 5.23. The van der Waals surface area contributed by atoms with E-state index in [1.165, 1.54) is 5.56 Å². The molecule has 6 heteroatoms. The van der Waals surface area contributed by atoms with Crippen molar-refractivity contribution in [1.82, 2.24) is 9.13 Å². The number of hydrogen-bond donors (Lipinski definition) is 1. The number of nitrogens with zero attached hydrogens (tertiary/aromatic N) is 2. The molecule has 2 aromatic rings. The third-order valence-electron chi connectivity index (χ3n) is 5.34. The van der Waals surface area contributed by atoms with Crippen molar-refractivity contribution >= 4 is 19.1 Å². The lowest BCUT2D eigenvalue weighted by Gasteiger charge is -2.34. The quantitative estimate of drug-likeness (QED) is 0.608. The van der Waals surface area contributed by atoms with Crippen LogP contribution in [0.2, 0.25) is 25.7 Å². The Labute approximate surface area is 150 Å². The number of fused-ring (bicyclic) bond motifs is 1. The lowest BCUT2D eigenvalue weighted by Crippen LogP contribution is -2.26. The van der Waals surface area contributed by atoms with Crippen LogP contribution in [-0.2, 0) is 18.5 Å². The third-order valence-corrected chi connectivity index (χ3v) is 7.04. The summed E-state index contributed by atoms with van der Waals surface area (Å²) in [6.45, 7) is 8.26. The summed E-state index contributed by atoms with van der Waals surface area (Å²) < 4.78 is 9.31. The van der Waals surface area contributed by atoms with Crippen LogP contribution in [-0.4, -0.2) is 35.5 Å². The average molecular weight is 363 g/mol. The Morgan fingerprint density at radius 1 is 1.28 bits per heavy atom. The molecule has 138 valence electrons. The van der Waals surface area contributed by atoms with Gasteiger partial charge in [-0.15, -0.1) is 0 Å². The molecule has 0 saturated heterocycles. The predicted octanol–water partition coefficient (Wildman–Crippen LogP) is 3.14. The van der Waals surface area contributed by atoms with Crippen LogP contribution in [0.1, 0.15) is 24.3 Å². The number of imidazole rings is 1. The first-order valence-corrected chi connectivity index (χ1v) is 12.9. The van der Waals surface area contributed by atoms with E-state index in [0.29, 0.717) is 25.2 Å². The molecular formula is C19H30N2O3Si. The molecule has 1 aliphatic rings. The van der Waals surface area contributed by atoms with Gasteiger partial charge in [-0.3, -0.25) is 9.13 Å². The second-order valence-corrected chi connectivity index (χ2v) is 14.2. The number of aryl methyl sites for hydroxylation is 1. The molecule has 0 amide bonds. The first-order valence-electron chi connectivity index (χ1n) is 9.18. The second-order valence-electron chi connectivity index (χ2n) is 8.55. The highest BCUT2D eigenvalue weighted by Crippen LogP contribution is 2.43. The van der Waals surface area contributed by atoms with E-state index in [4.69, 9.17) is 4.74 Å². The Hall–Kier alpha value is -1.37. The highest BCUT2D eigenvalue weighted by molar-refractivity contribution is 6.76. The average Bonchev–Trinajstić information content (AvgIpc) is 2.75. The summed E-state index contributed by atoms with van der Waals surface area (Å²) in [5.74, 6) is 0.847. The number of benzene rings is 1. The molecule has 1 N–H and O–H groups in total. The van der Waals surface area contributed by atoms with Crippen LogP contribution in [0.15, 0.2) is 23.0 Å². The fourth-order valence-corrected chi connectivity index (χ4v) is 4.40. The minimum Gasteiger partial charge on any atom is -0.396 e. The molecule has 5 nitrogen and oxygen atoms in total. The van der Waals surface area contributed by atoms with Crippen molar-refractivity contribution in [2.45, 2.75) is 51.2 Å². The summed E-state index contributed by atoms with van der Waals surface area (Å²) in [7, 11) is 0.715. The smallest absolute Gasteiger partial charge is 0.330 e. The molecule has 1 saturated carbocycles. The molecule has 1 aliphatic carbocycles. The lowest BCUT2D eigenvalue weighted by atomic mass is 9.71. The fourth-order valence-electron chi connectivity index (χ4n) is 3.64. The van der Waals surface area contributed by atoms with Crippen LogP contribution in [0.4, 0.5) is 0 Å². The van der Waals surface area contributed by atoms with E-state index >= 15 is 0 Å². The normalized spacial score (nSPS) is 20.8. The number of aliphatic hydroxyl groups excluding tert-OH is 1. The molecule has 1 fully saturated rings. The van der Waals surface area contributed by atoms with Crippen LogP contribution < -0.4 is 5.69 Å². The molecule has 0 unspecified atom stereocenters. The van der Waals surface area contributed by atoms with E-state index in [-0.39, 0.29) is 12.3 Å². The van der Waals surface area contributed by atoms with Crippen molar-refractivity contribution in [3.05, 3.63) is 34.2 Å². The summed E-state index contributed by atoms with van der Waals surface area (Å²) >= 11 is 0. The third kappa shape index (κ3) is 3.76. The predicted molar refractivity (Wildman–Crippen MR) is 104 cm³/mol. The second kappa shape index (κ2) is 7.09. The molecular weight excluding hydrogens is 332 g/mol. The van der Waals surface area contributed by atoms with Crippen molar-refractivity contribution in [3.8, 4) is 0 Å². The van der Waals surface area contributed by atoms with E-state index in [9.17, 15) is 9.90 Å². The van der Waals surface area contributed by atoms with Crippen LogP contribution in [0.25, 0.3) is 11.0 Å². The van der Waals surface area contributed by atoms with Gasteiger partial charge in [0.25, 0.3) is 0 Å². The van der Waals surface area contributed by atoms with Gasteiger partial charge in [-0.1, -0.05) is 31.8 Å². The van der Waals surface area contributed by atoms with Gasteiger partial charge in [0, 0.05) is 28.3 Å². The van der Waals surface area contributed by atoms with Crippen molar-refractivity contribution in [2.75, 3.05) is 13.2 Å². The Morgan fingerprint density at radius 3 is 2.64 bits per heavy atom. The van der Waals surface area contributed by atoms with Gasteiger partial charge in [-0.25, -0.2) is 4.79 Å². The number of ether oxygens (including phenoxy) is 1. The topological polar surface area (TPSA) is 56.4 Å². The number of aromatic nitrogens is 2. The summed E-state index contributed by atoms with van der Waals surface area (Å²) in [5, 5.41) is 9.27. The minimum absolute atomic E-state index is 0.0199. The fraction of sp³-hybridized carbons (Fsp3) is 0.632. The first-order chi connectivity index (χ1) is 11.8. The van der Waals surface area contributed by atoms with Gasteiger partial charge in [-0.2, -0.15) is 0 Å². The van der Waals surface area contributed by atoms with Gasteiger partial charge >= 0.3 is 5.69 Å². The number of aliphatic hydroxyl groups is 1. The van der Waals surface area contributed by atoms with E-state index in [1.54, 1.807) is 9.13 Å². The minimum atomic E-state index is -1.13. The number of hydrogen-bond acceptors (Lipinski definition) is 3. The molecule has 0 aliphatic heterocycles. The highest BCUT2D eigenvalue weighted by Gasteiger charge is 2.31. The highest BCUT2D eigenvalue weighted by atomic mass is 28.3. The molecule has 0 spiro atoms. The van der Waals surface area contributed by atoms with E-state index in [1.807, 2.05) is 19.2 Å². The van der Waals surface area contributed by atoms with Gasteiger partial charge in [0.05, 0.1) is 11.0 Å². The summed E-state index contributed by atoms with van der Waals surface area (Å²) in [6, 6.07) is 7.26. The van der Waals surface area contributed by atoms with Crippen LogP contribution in [0, 0.1) is 5.92 Å². The van der Waals surface area contributed by atoms with Gasteiger partial charge in [0.2, 0.25) is 0 Å². The maximum atomic E-state index is 12.7. The van der Waals surface area contributed by atoms with E-state index in [0.717, 1.165) is 29.9 Å². The maximum Gasteiger partial charge on any atom is 0.330 e. The zero-order valence-corrected chi connectivity index (χ0v) is 16.8. The number of rotatable bonds is 7. The SMILES string of the molecule is Cn1c(=O)n(COCC[Si](C)(C)C)c2cccc(C3CC(CO)C3)c21. The lowest BCUT2D eigenvalue weighted by molar-refractivity contribution is 0.0873. The standard InChI is InChI=1S/C19H30N2O3Si/c1-20-18-16(15-10-14(11-15)12-22)6-5-7-17(18)21(19(20)23)13-24-8-9-25(2,3)4/h5-7,14-15,22H,8-13H2,1-4H3. The van der Waals surface area contributed by atoms with Gasteiger partial charge < -0.3 is 9.84 Å². The first kappa shape index (κ1) is 18.4. The molecule has 1 aromatic carbocycles. The molecule has 1 heterocycles. The molecule has 1 aromatic heterocycles. The Balaban J connectivity index is 1.83. The van der Waals surface area contributed by atoms with Gasteiger partial charge in [0.1, 0.15) is 6.73 Å². The van der Waals surface area contributed by atoms with Crippen molar-refractivity contribution < 1.29 is 9.84 Å². The maximum absolute atomic E-state index is 12.7. The van der Waals surface area contributed by atoms with Gasteiger partial charge in [0.15, 0.2) is 0 Å². The zero-order valence-electron chi connectivity index (χ0n) is 15.8. The van der Waals surface area contributed by atoms with E-state index in [2.05, 4.69) is 25.7 Å². The summed E-state index contributed by atoms with van der Waals surface area (Å²) in [4.78, 5) is 12.7. The van der Waals surface area contributed by atoms with Crippen molar-refractivity contribution in [1.29, 1.82) is 0 Å². The van der Waals surface area contributed by atoms with Gasteiger partial charge in [-0.05, 0) is 42.4 Å². The van der Waals surface area contributed by atoms with Crippen LogP contribution in [0.5, 0.6) is 0 Å². The summed E-state index contributed by atoms with van der Waals surface area (Å²) in [5.41, 5.74) is 3.17. The molecule has 0 radical (unpaired) electrons. The zero-order chi connectivity index (χ0) is 18.2. The Bertz CT molecular complexity index is 797.